The number of nitrogens with zero attached hydrogens (tertiary/aromatic N) is 1. The Balaban J connectivity index is 2.27. The van der Waals surface area contributed by atoms with Crippen molar-refractivity contribution in [3.63, 3.8) is 0 Å². The fraction of sp³-hybridized carbons (Fsp3) is 0.600. The maximum atomic E-state index is 14.1. The van der Waals surface area contributed by atoms with Gasteiger partial charge < -0.3 is 10.6 Å². The van der Waals surface area contributed by atoms with Crippen molar-refractivity contribution in [1.82, 2.24) is 0 Å². The van der Waals surface area contributed by atoms with E-state index in [1.807, 2.05) is 4.90 Å². The first-order valence-corrected chi connectivity index (χ1v) is 6.86. The molecule has 1 aliphatic heterocycles. The second kappa shape index (κ2) is 5.45. The van der Waals surface area contributed by atoms with Crippen molar-refractivity contribution in [1.29, 1.82) is 0 Å². The Kier molecular flexibility index (Phi) is 4.09. The Morgan fingerprint density at radius 2 is 1.79 bits per heavy atom. The molecule has 4 heteroatoms. The molecule has 106 valence electrons. The van der Waals surface area contributed by atoms with E-state index < -0.39 is 11.6 Å². The van der Waals surface area contributed by atoms with Gasteiger partial charge in [0.1, 0.15) is 17.3 Å². The molecule has 2 nitrogen and oxygen atoms in total. The summed E-state index contributed by atoms with van der Waals surface area (Å²) in [5.41, 5.74) is 6.28. The summed E-state index contributed by atoms with van der Waals surface area (Å²) < 4.78 is 28.1. The third-order valence-corrected chi connectivity index (χ3v) is 3.97. The molecule has 0 aromatic heterocycles. The van der Waals surface area contributed by atoms with Crippen LogP contribution in [-0.4, -0.2) is 13.1 Å². The number of nitrogens with two attached hydrogens (primary N) is 1. The molecule has 1 fully saturated rings. The summed E-state index contributed by atoms with van der Waals surface area (Å²) in [6, 6.07) is 2.68. The summed E-state index contributed by atoms with van der Waals surface area (Å²) in [5, 5.41) is 0. The second-order valence-corrected chi connectivity index (χ2v) is 6.12. The van der Waals surface area contributed by atoms with Crippen LogP contribution in [0.3, 0.4) is 0 Å². The largest absolute Gasteiger partial charge is 0.367 e. The van der Waals surface area contributed by atoms with E-state index in [9.17, 15) is 8.78 Å². The molecule has 1 aromatic rings. The monoisotopic (exact) mass is 268 g/mol. The zero-order valence-electron chi connectivity index (χ0n) is 11.7. The molecule has 0 amide bonds. The molecule has 1 heterocycles. The van der Waals surface area contributed by atoms with Crippen LogP contribution in [-0.2, 0) is 6.54 Å². The van der Waals surface area contributed by atoms with Crippen LogP contribution in [0, 0.1) is 17.0 Å². The van der Waals surface area contributed by atoms with Crippen LogP contribution >= 0.6 is 0 Å². The van der Waals surface area contributed by atoms with Gasteiger partial charge in [-0.05, 0) is 42.4 Å². The molecule has 0 spiro atoms. The lowest BCUT2D eigenvalue weighted by molar-refractivity contribution is 0.325. The maximum absolute atomic E-state index is 14.1. The van der Waals surface area contributed by atoms with Gasteiger partial charge in [-0.25, -0.2) is 8.78 Å². The number of halogens is 2. The highest BCUT2D eigenvalue weighted by Crippen LogP contribution is 2.33. The summed E-state index contributed by atoms with van der Waals surface area (Å²) in [7, 11) is 0. The average molecular weight is 268 g/mol. The van der Waals surface area contributed by atoms with Crippen molar-refractivity contribution in [2.24, 2.45) is 11.1 Å². The minimum Gasteiger partial charge on any atom is -0.367 e. The summed E-state index contributed by atoms with van der Waals surface area (Å²) in [6.45, 7) is 5.98. The fourth-order valence-corrected chi connectivity index (χ4v) is 2.68. The smallest absolute Gasteiger partial charge is 0.149 e. The average Bonchev–Trinajstić information content (AvgIpc) is 2.50. The van der Waals surface area contributed by atoms with Gasteiger partial charge in [0.25, 0.3) is 0 Å². The molecule has 0 radical (unpaired) electrons. The minimum absolute atomic E-state index is 0.106. The lowest BCUT2D eigenvalue weighted by Crippen LogP contribution is -2.27. The van der Waals surface area contributed by atoms with E-state index in [-0.39, 0.29) is 17.6 Å². The number of benzene rings is 1. The van der Waals surface area contributed by atoms with Gasteiger partial charge >= 0.3 is 0 Å². The lowest BCUT2D eigenvalue weighted by Gasteiger charge is -2.25. The Hall–Kier alpha value is -1.16. The van der Waals surface area contributed by atoms with Gasteiger partial charge in [-0.3, -0.25) is 0 Å². The second-order valence-electron chi connectivity index (χ2n) is 6.12. The number of hydrogen-bond acceptors (Lipinski definition) is 2. The molecule has 0 saturated carbocycles. The van der Waals surface area contributed by atoms with Crippen LogP contribution in [0.2, 0.25) is 0 Å². The summed E-state index contributed by atoms with van der Waals surface area (Å²) in [5.74, 6) is -1.000. The Labute approximate surface area is 113 Å². The first-order valence-electron chi connectivity index (χ1n) is 6.86. The maximum Gasteiger partial charge on any atom is 0.149 e. The quantitative estimate of drug-likeness (QED) is 0.890. The van der Waals surface area contributed by atoms with E-state index in [2.05, 4.69) is 13.8 Å². The highest BCUT2D eigenvalue weighted by molar-refractivity contribution is 5.51. The van der Waals surface area contributed by atoms with Crippen LogP contribution in [0.4, 0.5) is 14.5 Å². The molecule has 0 unspecified atom stereocenters. The van der Waals surface area contributed by atoms with E-state index in [1.165, 1.54) is 12.1 Å². The van der Waals surface area contributed by atoms with Gasteiger partial charge in [-0.15, -0.1) is 0 Å². The van der Waals surface area contributed by atoms with E-state index in [0.29, 0.717) is 18.7 Å². The summed E-state index contributed by atoms with van der Waals surface area (Å²) in [4.78, 5) is 1.83. The molecule has 2 rings (SSSR count). The Bertz CT molecular complexity index is 434. The van der Waals surface area contributed by atoms with E-state index in [0.717, 1.165) is 19.3 Å². The molecule has 0 atom stereocenters. The van der Waals surface area contributed by atoms with Crippen molar-refractivity contribution in [3.8, 4) is 0 Å². The molecule has 0 aliphatic carbocycles. The molecule has 19 heavy (non-hydrogen) atoms. The Morgan fingerprint density at radius 1 is 1.16 bits per heavy atom. The van der Waals surface area contributed by atoms with Crippen LogP contribution in [0.15, 0.2) is 12.1 Å². The SMILES string of the molecule is CC1(C)CCCN(c2c(F)cc(CN)cc2F)CC1. The van der Waals surface area contributed by atoms with Crippen molar-refractivity contribution in [2.45, 2.75) is 39.7 Å². The van der Waals surface area contributed by atoms with E-state index in [4.69, 9.17) is 5.73 Å². The predicted octanol–water partition coefficient (Wildman–Crippen LogP) is 3.44. The van der Waals surface area contributed by atoms with Crippen molar-refractivity contribution in [2.75, 3.05) is 18.0 Å². The number of rotatable bonds is 2. The van der Waals surface area contributed by atoms with Gasteiger partial charge in [-0.1, -0.05) is 13.8 Å². The van der Waals surface area contributed by atoms with Crippen LogP contribution in [0.1, 0.15) is 38.7 Å². The molecule has 1 aliphatic rings. The van der Waals surface area contributed by atoms with Crippen molar-refractivity contribution >= 4 is 5.69 Å². The van der Waals surface area contributed by atoms with Crippen LogP contribution in [0.25, 0.3) is 0 Å². The van der Waals surface area contributed by atoms with Gasteiger partial charge in [0, 0.05) is 19.6 Å². The third-order valence-electron chi connectivity index (χ3n) is 3.97. The fourth-order valence-electron chi connectivity index (χ4n) is 2.68. The standard InChI is InChI=1S/C15H22F2N2/c1-15(2)4-3-6-19(7-5-15)14-12(16)8-11(10-18)9-13(14)17/h8-9H,3-7,10,18H2,1-2H3. The lowest BCUT2D eigenvalue weighted by atomic mass is 9.85. The van der Waals surface area contributed by atoms with Crippen LogP contribution < -0.4 is 10.6 Å². The third kappa shape index (κ3) is 3.24. The normalized spacial score (nSPS) is 19.3. The summed E-state index contributed by atoms with van der Waals surface area (Å²) in [6.07, 6.45) is 3.00. The topological polar surface area (TPSA) is 29.3 Å². The zero-order valence-corrected chi connectivity index (χ0v) is 11.7. The molecular weight excluding hydrogens is 246 g/mol. The van der Waals surface area contributed by atoms with Gasteiger partial charge in [0.15, 0.2) is 0 Å². The highest BCUT2D eigenvalue weighted by Gasteiger charge is 2.26. The minimum atomic E-state index is -0.500. The Morgan fingerprint density at radius 3 is 2.37 bits per heavy atom. The van der Waals surface area contributed by atoms with Crippen molar-refractivity contribution in [3.05, 3.63) is 29.3 Å². The number of anilines is 1. The predicted molar refractivity (Wildman–Crippen MR) is 74.1 cm³/mol. The molecule has 1 saturated heterocycles. The highest BCUT2D eigenvalue weighted by atomic mass is 19.1. The van der Waals surface area contributed by atoms with E-state index in [1.54, 1.807) is 0 Å². The van der Waals surface area contributed by atoms with Gasteiger partial charge in [0.2, 0.25) is 0 Å². The zero-order chi connectivity index (χ0) is 14.0. The molecule has 0 bridgehead atoms. The first kappa shape index (κ1) is 14.3. The number of hydrogen-bond donors (Lipinski definition) is 1. The van der Waals surface area contributed by atoms with Crippen LogP contribution in [0.5, 0.6) is 0 Å². The van der Waals surface area contributed by atoms with Crippen molar-refractivity contribution < 1.29 is 8.78 Å². The molecular formula is C15H22F2N2. The first-order chi connectivity index (χ1) is 8.93. The van der Waals surface area contributed by atoms with E-state index >= 15 is 0 Å². The molecule has 1 aromatic carbocycles. The van der Waals surface area contributed by atoms with Gasteiger partial charge in [0.05, 0.1) is 0 Å². The van der Waals surface area contributed by atoms with Gasteiger partial charge in [-0.2, -0.15) is 0 Å². The summed E-state index contributed by atoms with van der Waals surface area (Å²) >= 11 is 0. The molecule has 2 N–H and O–H groups in total.